The first-order valence-electron chi connectivity index (χ1n) is 6.50. The summed E-state index contributed by atoms with van der Waals surface area (Å²) in [7, 11) is 0. The number of pyridine rings is 1. The second-order valence-electron chi connectivity index (χ2n) is 5.22. The molecule has 1 fully saturated rings. The Labute approximate surface area is 107 Å². The maximum atomic E-state index is 9.27. The van der Waals surface area contributed by atoms with E-state index in [1.54, 1.807) is 0 Å². The molecule has 0 bridgehead atoms. The Morgan fingerprint density at radius 3 is 2.89 bits per heavy atom. The fourth-order valence-electron chi connectivity index (χ4n) is 2.51. The summed E-state index contributed by atoms with van der Waals surface area (Å²) in [6.07, 6.45) is 1.75. The maximum absolute atomic E-state index is 9.27. The molecule has 1 heterocycles. The number of hydrogen-bond acceptors (Lipinski definition) is 3. The third-order valence-corrected chi connectivity index (χ3v) is 3.68. The molecule has 0 aliphatic heterocycles. The van der Waals surface area contributed by atoms with E-state index in [1.807, 2.05) is 18.2 Å². The van der Waals surface area contributed by atoms with Crippen LogP contribution in [-0.2, 0) is 0 Å². The third-order valence-electron chi connectivity index (χ3n) is 3.68. The lowest BCUT2D eigenvalue weighted by Crippen LogP contribution is -2.33. The van der Waals surface area contributed by atoms with Crippen molar-refractivity contribution in [2.24, 2.45) is 5.92 Å². The van der Waals surface area contributed by atoms with Crippen LogP contribution < -0.4 is 5.32 Å². The van der Waals surface area contributed by atoms with Gasteiger partial charge in [0.1, 0.15) is 5.82 Å². The van der Waals surface area contributed by atoms with Crippen molar-refractivity contribution in [3.8, 4) is 0 Å². The standard InChI is InChI=1S/C15H18N2O/c1-10-6-12-4-2-3-5-14(12)17-15(10)16-9-11-7-13(18)8-11/h2-6,11,13,18H,7-9H2,1H3,(H,16,17). The molecule has 2 N–H and O–H groups in total. The van der Waals surface area contributed by atoms with Crippen molar-refractivity contribution in [3.63, 3.8) is 0 Å². The van der Waals surface area contributed by atoms with E-state index < -0.39 is 0 Å². The van der Waals surface area contributed by atoms with Gasteiger partial charge in [-0.1, -0.05) is 18.2 Å². The van der Waals surface area contributed by atoms with E-state index in [0.29, 0.717) is 5.92 Å². The molecule has 1 aliphatic carbocycles. The normalized spacial score (nSPS) is 22.8. The van der Waals surface area contributed by atoms with Gasteiger partial charge >= 0.3 is 0 Å². The number of fused-ring (bicyclic) bond motifs is 1. The molecule has 3 nitrogen and oxygen atoms in total. The molecule has 0 amide bonds. The van der Waals surface area contributed by atoms with Crippen LogP contribution in [0.15, 0.2) is 30.3 Å². The summed E-state index contributed by atoms with van der Waals surface area (Å²) in [5.41, 5.74) is 2.20. The van der Waals surface area contributed by atoms with Gasteiger partial charge in [0.2, 0.25) is 0 Å². The zero-order chi connectivity index (χ0) is 12.5. The summed E-state index contributed by atoms with van der Waals surface area (Å²) in [5, 5.41) is 13.9. The second-order valence-corrected chi connectivity index (χ2v) is 5.22. The van der Waals surface area contributed by atoms with E-state index in [9.17, 15) is 5.11 Å². The molecule has 1 aromatic heterocycles. The molecule has 1 aliphatic rings. The predicted molar refractivity (Wildman–Crippen MR) is 73.7 cm³/mol. The van der Waals surface area contributed by atoms with Gasteiger partial charge in [-0.25, -0.2) is 4.98 Å². The summed E-state index contributed by atoms with van der Waals surface area (Å²) < 4.78 is 0. The molecule has 0 unspecified atom stereocenters. The molecule has 0 spiro atoms. The fourth-order valence-corrected chi connectivity index (χ4v) is 2.51. The summed E-state index contributed by atoms with van der Waals surface area (Å²) in [4.78, 5) is 4.65. The third kappa shape index (κ3) is 2.18. The van der Waals surface area contributed by atoms with E-state index in [-0.39, 0.29) is 6.10 Å². The Kier molecular flexibility index (Phi) is 2.92. The topological polar surface area (TPSA) is 45.2 Å². The number of aryl methyl sites for hydroxylation is 1. The summed E-state index contributed by atoms with van der Waals surface area (Å²) in [6, 6.07) is 10.3. The minimum atomic E-state index is -0.0811. The van der Waals surface area contributed by atoms with Crippen molar-refractivity contribution in [3.05, 3.63) is 35.9 Å². The van der Waals surface area contributed by atoms with Crippen LogP contribution in [-0.4, -0.2) is 22.7 Å². The van der Waals surface area contributed by atoms with Gasteiger partial charge in [-0.2, -0.15) is 0 Å². The minimum absolute atomic E-state index is 0.0811. The quantitative estimate of drug-likeness (QED) is 0.870. The first kappa shape index (κ1) is 11.5. The molecular weight excluding hydrogens is 224 g/mol. The molecular formula is C15H18N2O. The monoisotopic (exact) mass is 242 g/mol. The van der Waals surface area contributed by atoms with Crippen LogP contribution in [0.5, 0.6) is 0 Å². The number of aliphatic hydroxyl groups is 1. The molecule has 1 saturated carbocycles. The van der Waals surface area contributed by atoms with E-state index in [2.05, 4.69) is 29.4 Å². The van der Waals surface area contributed by atoms with Gasteiger partial charge in [-0.15, -0.1) is 0 Å². The van der Waals surface area contributed by atoms with Crippen LogP contribution in [0.1, 0.15) is 18.4 Å². The van der Waals surface area contributed by atoms with Crippen LogP contribution in [0.2, 0.25) is 0 Å². The Morgan fingerprint density at radius 1 is 1.33 bits per heavy atom. The Bertz CT molecular complexity index is 561. The molecule has 18 heavy (non-hydrogen) atoms. The van der Waals surface area contributed by atoms with Gasteiger partial charge in [0, 0.05) is 11.9 Å². The van der Waals surface area contributed by atoms with E-state index in [4.69, 9.17) is 0 Å². The second kappa shape index (κ2) is 4.58. The maximum Gasteiger partial charge on any atom is 0.129 e. The van der Waals surface area contributed by atoms with Crippen molar-refractivity contribution in [1.29, 1.82) is 0 Å². The summed E-state index contributed by atoms with van der Waals surface area (Å²) in [5.74, 6) is 1.56. The van der Waals surface area contributed by atoms with Crippen LogP contribution in [0.25, 0.3) is 10.9 Å². The highest BCUT2D eigenvalue weighted by atomic mass is 16.3. The van der Waals surface area contributed by atoms with E-state index >= 15 is 0 Å². The van der Waals surface area contributed by atoms with Gasteiger partial charge in [0.15, 0.2) is 0 Å². The average molecular weight is 242 g/mol. The van der Waals surface area contributed by atoms with Crippen LogP contribution >= 0.6 is 0 Å². The summed E-state index contributed by atoms with van der Waals surface area (Å²) in [6.45, 7) is 2.99. The molecule has 3 heteroatoms. The SMILES string of the molecule is Cc1cc2ccccc2nc1NCC1CC(O)C1. The van der Waals surface area contributed by atoms with Crippen molar-refractivity contribution in [2.75, 3.05) is 11.9 Å². The van der Waals surface area contributed by atoms with Crippen molar-refractivity contribution in [1.82, 2.24) is 4.98 Å². The Balaban J connectivity index is 1.76. The number of para-hydroxylation sites is 1. The zero-order valence-electron chi connectivity index (χ0n) is 10.6. The lowest BCUT2D eigenvalue weighted by molar-refractivity contribution is 0.0486. The molecule has 1 aromatic carbocycles. The van der Waals surface area contributed by atoms with Gasteiger partial charge < -0.3 is 10.4 Å². The number of nitrogens with zero attached hydrogens (tertiary/aromatic N) is 1. The number of benzene rings is 1. The Hall–Kier alpha value is -1.61. The predicted octanol–water partition coefficient (Wildman–Crippen LogP) is 2.73. The number of hydrogen-bond donors (Lipinski definition) is 2. The first-order valence-corrected chi connectivity index (χ1v) is 6.50. The van der Waals surface area contributed by atoms with Crippen molar-refractivity contribution >= 4 is 16.7 Å². The van der Waals surface area contributed by atoms with Gasteiger partial charge in [0.25, 0.3) is 0 Å². The highest BCUT2D eigenvalue weighted by Gasteiger charge is 2.26. The molecule has 3 rings (SSSR count). The van der Waals surface area contributed by atoms with E-state index in [1.165, 1.54) is 10.9 Å². The van der Waals surface area contributed by atoms with Gasteiger partial charge in [-0.3, -0.25) is 0 Å². The molecule has 0 saturated heterocycles. The molecule has 94 valence electrons. The van der Waals surface area contributed by atoms with Crippen molar-refractivity contribution < 1.29 is 5.11 Å². The smallest absolute Gasteiger partial charge is 0.129 e. The lowest BCUT2D eigenvalue weighted by Gasteiger charge is -2.31. The molecule has 2 aromatic rings. The number of rotatable bonds is 3. The number of nitrogens with one attached hydrogen (secondary N) is 1. The number of anilines is 1. The average Bonchev–Trinajstić information content (AvgIpc) is 2.33. The highest BCUT2D eigenvalue weighted by Crippen LogP contribution is 2.28. The van der Waals surface area contributed by atoms with Crippen LogP contribution in [0.4, 0.5) is 5.82 Å². The van der Waals surface area contributed by atoms with Crippen molar-refractivity contribution in [2.45, 2.75) is 25.9 Å². The Morgan fingerprint density at radius 2 is 2.11 bits per heavy atom. The fraction of sp³-hybridized carbons (Fsp3) is 0.400. The van der Waals surface area contributed by atoms with Gasteiger partial charge in [0.05, 0.1) is 11.6 Å². The number of aliphatic hydroxyl groups excluding tert-OH is 1. The zero-order valence-corrected chi connectivity index (χ0v) is 10.6. The van der Waals surface area contributed by atoms with Crippen LogP contribution in [0.3, 0.4) is 0 Å². The highest BCUT2D eigenvalue weighted by molar-refractivity contribution is 5.81. The first-order chi connectivity index (χ1) is 8.72. The minimum Gasteiger partial charge on any atom is -0.393 e. The lowest BCUT2D eigenvalue weighted by atomic mass is 9.82. The summed E-state index contributed by atoms with van der Waals surface area (Å²) >= 11 is 0. The van der Waals surface area contributed by atoms with Crippen LogP contribution in [0, 0.1) is 12.8 Å². The molecule has 0 atom stereocenters. The largest absolute Gasteiger partial charge is 0.393 e. The van der Waals surface area contributed by atoms with Gasteiger partial charge in [-0.05, 0) is 43.4 Å². The van der Waals surface area contributed by atoms with E-state index in [0.717, 1.165) is 30.7 Å². The number of aromatic nitrogens is 1. The molecule has 0 radical (unpaired) electrons.